The molecular weight excluding hydrogens is 299 g/mol. The highest BCUT2D eigenvalue weighted by atomic mass is 19.4. The van der Waals surface area contributed by atoms with Crippen molar-refractivity contribution in [2.45, 2.75) is 38.6 Å². The van der Waals surface area contributed by atoms with E-state index in [-0.39, 0.29) is 0 Å². The molecule has 0 aliphatic rings. The maximum absolute atomic E-state index is 11.9. The van der Waals surface area contributed by atoms with Gasteiger partial charge in [0.25, 0.3) is 5.91 Å². The van der Waals surface area contributed by atoms with Crippen LogP contribution in [0.5, 0.6) is 0 Å². The van der Waals surface area contributed by atoms with Crippen LogP contribution in [0.2, 0.25) is 0 Å². The van der Waals surface area contributed by atoms with Gasteiger partial charge in [0.1, 0.15) is 11.6 Å². The lowest BCUT2D eigenvalue weighted by Gasteiger charge is -2.22. The molecule has 1 unspecified atom stereocenters. The number of aliphatic hydroxyl groups excluding tert-OH is 1. The number of carbonyl (C=O) groups is 3. The van der Waals surface area contributed by atoms with Gasteiger partial charge in [0.05, 0.1) is 6.61 Å². The fourth-order valence-corrected chi connectivity index (χ4v) is 0.920. The van der Waals surface area contributed by atoms with Gasteiger partial charge in [0, 0.05) is 0 Å². The second-order valence-electron chi connectivity index (χ2n) is 4.82. The van der Waals surface area contributed by atoms with Gasteiger partial charge in [-0.15, -0.1) is 0 Å². The summed E-state index contributed by atoms with van der Waals surface area (Å²) in [5.41, 5.74) is 1.64. The molecule has 0 fully saturated rings. The number of aliphatic hydroxyl groups is 1. The summed E-state index contributed by atoms with van der Waals surface area (Å²) < 4.78 is 40.4. The first kappa shape index (κ1) is 19.0. The zero-order chi connectivity index (χ0) is 16.8. The average molecular weight is 315 g/mol. The van der Waals surface area contributed by atoms with E-state index in [1.807, 2.05) is 5.32 Å². The second-order valence-corrected chi connectivity index (χ2v) is 4.82. The highest BCUT2D eigenvalue weighted by Crippen LogP contribution is 2.13. The first-order valence-corrected chi connectivity index (χ1v) is 5.64. The zero-order valence-electron chi connectivity index (χ0n) is 11.5. The molecule has 3 amide bonds. The Morgan fingerprint density at radius 3 is 2.05 bits per heavy atom. The Hall–Kier alpha value is -2.04. The number of halogens is 3. The molecular formula is C10H16F3N3O5. The minimum absolute atomic E-state index is 0.870. The van der Waals surface area contributed by atoms with Gasteiger partial charge in [0.2, 0.25) is 0 Å². The molecule has 0 aromatic carbocycles. The summed E-state index contributed by atoms with van der Waals surface area (Å²) in [4.78, 5) is 33.2. The highest BCUT2D eigenvalue weighted by Gasteiger charge is 2.39. The Bertz CT molecular complexity index is 406. The normalized spacial score (nSPS) is 13.1. The predicted molar refractivity (Wildman–Crippen MR) is 62.6 cm³/mol. The van der Waals surface area contributed by atoms with Crippen molar-refractivity contribution in [3.05, 3.63) is 0 Å². The zero-order valence-corrected chi connectivity index (χ0v) is 11.5. The van der Waals surface area contributed by atoms with Gasteiger partial charge >= 0.3 is 18.2 Å². The number of hydrogen-bond donors (Lipinski definition) is 4. The molecule has 1 atom stereocenters. The van der Waals surface area contributed by atoms with Gasteiger partial charge in [-0.25, -0.2) is 4.79 Å². The number of rotatable bonds is 3. The number of ether oxygens (including phenoxy) is 1. The highest BCUT2D eigenvalue weighted by molar-refractivity contribution is 5.89. The molecule has 8 nitrogen and oxygen atoms in total. The van der Waals surface area contributed by atoms with Crippen molar-refractivity contribution in [2.24, 2.45) is 0 Å². The quantitative estimate of drug-likeness (QED) is 0.528. The topological polar surface area (TPSA) is 117 Å². The van der Waals surface area contributed by atoms with Crippen molar-refractivity contribution < 1.29 is 37.4 Å². The van der Waals surface area contributed by atoms with Gasteiger partial charge in [-0.3, -0.25) is 20.4 Å². The molecule has 0 spiro atoms. The number of nitrogens with one attached hydrogen (secondary N) is 3. The Balaban J connectivity index is 4.44. The summed E-state index contributed by atoms with van der Waals surface area (Å²) in [7, 11) is 0. The third-order valence-corrected chi connectivity index (χ3v) is 1.75. The summed E-state index contributed by atoms with van der Waals surface area (Å²) in [6, 6.07) is -1.59. The predicted octanol–water partition coefficient (Wildman–Crippen LogP) is -0.418. The first-order chi connectivity index (χ1) is 9.36. The van der Waals surface area contributed by atoms with Gasteiger partial charge in [-0.2, -0.15) is 13.2 Å². The number of hydrazine groups is 1. The molecule has 0 bridgehead atoms. The van der Waals surface area contributed by atoms with Crippen LogP contribution in [-0.2, 0) is 14.3 Å². The van der Waals surface area contributed by atoms with Crippen LogP contribution in [0.3, 0.4) is 0 Å². The van der Waals surface area contributed by atoms with Crippen LogP contribution >= 0.6 is 0 Å². The molecule has 0 aliphatic heterocycles. The Labute approximate surface area is 118 Å². The molecule has 0 aromatic rings. The van der Waals surface area contributed by atoms with E-state index < -0.39 is 42.3 Å². The van der Waals surface area contributed by atoms with Crippen LogP contribution in [0.1, 0.15) is 20.8 Å². The fraction of sp³-hybridized carbons (Fsp3) is 0.700. The van der Waals surface area contributed by atoms with Crippen molar-refractivity contribution in [3.8, 4) is 0 Å². The van der Waals surface area contributed by atoms with E-state index in [0.717, 1.165) is 5.43 Å². The van der Waals surface area contributed by atoms with E-state index in [0.29, 0.717) is 0 Å². The number of alkyl halides is 3. The maximum Gasteiger partial charge on any atom is 0.472 e. The lowest BCUT2D eigenvalue weighted by molar-refractivity contribution is -0.175. The van der Waals surface area contributed by atoms with E-state index in [1.165, 1.54) is 5.43 Å². The number of carbonyl (C=O) groups excluding carboxylic acids is 3. The molecule has 0 radical (unpaired) electrons. The lowest BCUT2D eigenvalue weighted by atomic mass is 10.2. The number of amides is 3. The van der Waals surface area contributed by atoms with Crippen molar-refractivity contribution in [1.82, 2.24) is 16.2 Å². The Kier molecular flexibility index (Phi) is 6.42. The van der Waals surface area contributed by atoms with Crippen LogP contribution in [0.25, 0.3) is 0 Å². The summed E-state index contributed by atoms with van der Waals surface area (Å²) >= 11 is 0. The minimum Gasteiger partial charge on any atom is -0.444 e. The fourth-order valence-electron chi connectivity index (χ4n) is 0.920. The second kappa shape index (κ2) is 7.11. The van der Waals surface area contributed by atoms with Crippen LogP contribution < -0.4 is 16.2 Å². The summed E-state index contributed by atoms with van der Waals surface area (Å²) in [5, 5.41) is 10.8. The molecule has 0 saturated heterocycles. The van der Waals surface area contributed by atoms with Crippen molar-refractivity contribution in [1.29, 1.82) is 0 Å². The Morgan fingerprint density at radius 1 is 1.14 bits per heavy atom. The monoisotopic (exact) mass is 315 g/mol. The maximum atomic E-state index is 11.9. The van der Waals surface area contributed by atoms with Crippen LogP contribution in [0.15, 0.2) is 0 Å². The molecule has 0 rings (SSSR count). The molecule has 0 saturated carbocycles. The van der Waals surface area contributed by atoms with Crippen LogP contribution in [0, 0.1) is 0 Å². The van der Waals surface area contributed by atoms with Crippen molar-refractivity contribution >= 4 is 17.9 Å². The smallest absolute Gasteiger partial charge is 0.444 e. The van der Waals surface area contributed by atoms with Gasteiger partial charge in [0.15, 0.2) is 0 Å². The van der Waals surface area contributed by atoms with Crippen LogP contribution in [-0.4, -0.2) is 47.4 Å². The molecule has 0 heterocycles. The lowest BCUT2D eigenvalue weighted by Crippen LogP contribution is -2.56. The van der Waals surface area contributed by atoms with Crippen LogP contribution in [0.4, 0.5) is 18.0 Å². The van der Waals surface area contributed by atoms with E-state index in [4.69, 9.17) is 9.84 Å². The standard InChI is InChI=1S/C10H16F3N3O5/c1-9(2,3)21-8(20)14-5(4-17)6(18)15-16-7(19)10(11,12)13/h5,17H,4H2,1-3H3,(H,14,20)(H,15,18)(H,16,19). The third-order valence-electron chi connectivity index (χ3n) is 1.75. The number of alkyl carbamates (subject to hydrolysis) is 1. The summed E-state index contributed by atoms with van der Waals surface area (Å²) in [6.07, 6.45) is -6.24. The molecule has 11 heteroatoms. The third kappa shape index (κ3) is 7.97. The SMILES string of the molecule is CC(C)(C)OC(=O)NC(CO)C(=O)NNC(=O)C(F)(F)F. The molecule has 0 aliphatic carbocycles. The summed E-state index contributed by atoms with van der Waals surface area (Å²) in [6.45, 7) is 3.73. The van der Waals surface area contributed by atoms with Gasteiger partial charge in [-0.05, 0) is 20.8 Å². The number of hydrogen-bond acceptors (Lipinski definition) is 5. The minimum atomic E-state index is -5.18. The van der Waals surface area contributed by atoms with Crippen molar-refractivity contribution in [3.63, 3.8) is 0 Å². The largest absolute Gasteiger partial charge is 0.472 e. The van der Waals surface area contributed by atoms with E-state index in [1.54, 1.807) is 20.8 Å². The first-order valence-electron chi connectivity index (χ1n) is 5.64. The van der Waals surface area contributed by atoms with Gasteiger partial charge in [-0.1, -0.05) is 0 Å². The van der Waals surface area contributed by atoms with E-state index in [2.05, 4.69) is 0 Å². The Morgan fingerprint density at radius 2 is 1.67 bits per heavy atom. The van der Waals surface area contributed by atoms with E-state index in [9.17, 15) is 27.6 Å². The summed E-state index contributed by atoms with van der Waals surface area (Å²) in [5.74, 6) is -3.65. The molecule has 0 aromatic heterocycles. The molecule has 4 N–H and O–H groups in total. The molecule has 122 valence electrons. The van der Waals surface area contributed by atoms with E-state index >= 15 is 0 Å². The average Bonchev–Trinajstić information content (AvgIpc) is 2.28. The molecule has 21 heavy (non-hydrogen) atoms. The van der Waals surface area contributed by atoms with Crippen molar-refractivity contribution in [2.75, 3.05) is 6.61 Å². The van der Waals surface area contributed by atoms with Gasteiger partial charge < -0.3 is 15.2 Å².